The van der Waals surface area contributed by atoms with Gasteiger partial charge in [0.15, 0.2) is 0 Å². The molecule has 0 saturated heterocycles. The quantitative estimate of drug-likeness (QED) is 0.282. The first-order chi connectivity index (χ1) is 3.81. The molecule has 0 aromatic heterocycles. The van der Waals surface area contributed by atoms with Gasteiger partial charge in [-0.25, -0.2) is 0 Å². The van der Waals surface area contributed by atoms with E-state index in [1.54, 1.807) is 0 Å². The zero-order valence-electron chi connectivity index (χ0n) is 6.17. The van der Waals surface area contributed by atoms with Gasteiger partial charge < -0.3 is 1.43 Å². The Bertz CT molecular complexity index is 120. The van der Waals surface area contributed by atoms with Crippen LogP contribution in [0.5, 0.6) is 0 Å². The standard InChI is InChI=1S/C4H3F5.Na.H/c1-2-3(5,6)4(7,8)9;;/h2H,1H2;;/q;+1;-1. The Morgan fingerprint density at radius 2 is 1.40 bits per heavy atom. The van der Waals surface area contributed by atoms with Crippen molar-refractivity contribution < 1.29 is 52.9 Å². The zero-order chi connectivity index (χ0) is 7.71. The fourth-order valence-corrected chi connectivity index (χ4v) is 0.116. The monoisotopic (exact) mass is 170 g/mol. The average Bonchev–Trinajstić information content (AvgIpc) is 1.64. The van der Waals surface area contributed by atoms with E-state index < -0.39 is 18.2 Å². The maximum Gasteiger partial charge on any atom is 1.00 e. The van der Waals surface area contributed by atoms with Gasteiger partial charge >= 0.3 is 41.7 Å². The first-order valence-electron chi connectivity index (χ1n) is 1.89. The molecule has 0 aromatic rings. The third kappa shape index (κ3) is 2.98. The average molecular weight is 170 g/mol. The predicted molar refractivity (Wildman–Crippen MR) is 22.3 cm³/mol. The first-order valence-corrected chi connectivity index (χ1v) is 1.89. The topological polar surface area (TPSA) is 0 Å². The van der Waals surface area contributed by atoms with Crippen LogP contribution >= 0.6 is 0 Å². The van der Waals surface area contributed by atoms with E-state index in [0.717, 1.165) is 0 Å². The molecule has 0 spiro atoms. The summed E-state index contributed by atoms with van der Waals surface area (Å²) in [6.45, 7) is 2.33. The Kier molecular flexibility index (Phi) is 4.80. The maximum absolute atomic E-state index is 11.4. The molecule has 0 rings (SSSR count). The summed E-state index contributed by atoms with van der Waals surface area (Å²) in [6, 6.07) is 0. The molecule has 0 saturated carbocycles. The molecule has 0 aliphatic rings. The molecule has 0 N–H and O–H groups in total. The van der Waals surface area contributed by atoms with Crippen LogP contribution in [0.3, 0.4) is 0 Å². The zero-order valence-corrected chi connectivity index (χ0v) is 7.17. The van der Waals surface area contributed by atoms with Crippen LogP contribution in [-0.4, -0.2) is 12.1 Å². The number of hydrogen-bond acceptors (Lipinski definition) is 0. The second-order valence-corrected chi connectivity index (χ2v) is 1.32. The molecule has 0 fully saturated rings. The van der Waals surface area contributed by atoms with Crippen LogP contribution in [0.4, 0.5) is 22.0 Å². The molecule has 10 heavy (non-hydrogen) atoms. The first kappa shape index (κ1) is 13.0. The molecule has 0 heterocycles. The summed E-state index contributed by atoms with van der Waals surface area (Å²) in [6.07, 6.45) is -5.94. The second kappa shape index (κ2) is 3.69. The summed E-state index contributed by atoms with van der Waals surface area (Å²) < 4.78 is 55.9. The number of alkyl halides is 5. The van der Waals surface area contributed by atoms with Crippen LogP contribution < -0.4 is 29.6 Å². The van der Waals surface area contributed by atoms with Gasteiger partial charge in [0.05, 0.1) is 0 Å². The molecule has 0 radical (unpaired) electrons. The summed E-state index contributed by atoms with van der Waals surface area (Å²) >= 11 is 0. The van der Waals surface area contributed by atoms with Crippen molar-refractivity contribution in [2.24, 2.45) is 0 Å². The van der Waals surface area contributed by atoms with E-state index in [9.17, 15) is 22.0 Å². The van der Waals surface area contributed by atoms with E-state index in [-0.39, 0.29) is 31.0 Å². The normalized spacial score (nSPS) is 12.1. The van der Waals surface area contributed by atoms with Crippen LogP contribution in [0.15, 0.2) is 12.7 Å². The Morgan fingerprint density at radius 3 is 1.40 bits per heavy atom. The van der Waals surface area contributed by atoms with Gasteiger partial charge in [-0.1, -0.05) is 6.58 Å². The molecule has 0 aromatic carbocycles. The largest absolute Gasteiger partial charge is 1.00 e. The molecule has 0 unspecified atom stereocenters. The van der Waals surface area contributed by atoms with Gasteiger partial charge in [0.2, 0.25) is 0 Å². The summed E-state index contributed by atoms with van der Waals surface area (Å²) in [7, 11) is 0. The molecule has 0 aliphatic heterocycles. The van der Waals surface area contributed by atoms with Crippen molar-refractivity contribution in [3.8, 4) is 0 Å². The minimum Gasteiger partial charge on any atom is -1.00 e. The van der Waals surface area contributed by atoms with Crippen LogP contribution in [-0.2, 0) is 0 Å². The van der Waals surface area contributed by atoms with Gasteiger partial charge in [0.25, 0.3) is 0 Å². The summed E-state index contributed by atoms with van der Waals surface area (Å²) in [4.78, 5) is 0. The van der Waals surface area contributed by atoms with Crippen LogP contribution in [0.2, 0.25) is 0 Å². The van der Waals surface area contributed by atoms with E-state index in [2.05, 4.69) is 6.58 Å². The van der Waals surface area contributed by atoms with Crippen molar-refractivity contribution in [3.63, 3.8) is 0 Å². The Balaban J connectivity index is -0.000000320. The second-order valence-electron chi connectivity index (χ2n) is 1.32. The van der Waals surface area contributed by atoms with Crippen molar-refractivity contribution in [2.45, 2.75) is 12.1 Å². The van der Waals surface area contributed by atoms with Crippen molar-refractivity contribution in [1.82, 2.24) is 0 Å². The van der Waals surface area contributed by atoms with Gasteiger partial charge in [-0.2, -0.15) is 22.0 Å². The summed E-state index contributed by atoms with van der Waals surface area (Å²) in [5, 5.41) is 0. The Hall–Kier alpha value is 0.390. The van der Waals surface area contributed by atoms with Crippen molar-refractivity contribution in [2.75, 3.05) is 0 Å². The number of rotatable bonds is 1. The summed E-state index contributed by atoms with van der Waals surface area (Å²) in [5.74, 6) is -4.76. The van der Waals surface area contributed by atoms with E-state index >= 15 is 0 Å². The van der Waals surface area contributed by atoms with E-state index in [1.807, 2.05) is 0 Å². The van der Waals surface area contributed by atoms with E-state index in [0.29, 0.717) is 0 Å². The van der Waals surface area contributed by atoms with Crippen molar-refractivity contribution in [3.05, 3.63) is 12.7 Å². The molecular formula is C4H4F5Na. The SMILES string of the molecule is C=CC(F)(F)C(F)(F)F.[H-].[Na+]. The minimum atomic E-state index is -5.51. The number of allylic oxidation sites excluding steroid dienone is 1. The van der Waals surface area contributed by atoms with Gasteiger partial charge in [-0.15, -0.1) is 0 Å². The predicted octanol–water partition coefficient (Wildman–Crippen LogP) is -0.514. The van der Waals surface area contributed by atoms with Crippen molar-refractivity contribution >= 4 is 0 Å². The molecule has 6 heteroatoms. The maximum atomic E-state index is 11.4. The molecule has 0 bridgehead atoms. The van der Waals surface area contributed by atoms with Crippen LogP contribution in [0.1, 0.15) is 1.43 Å². The van der Waals surface area contributed by atoms with Gasteiger partial charge in [0, 0.05) is 0 Å². The third-order valence-electron chi connectivity index (χ3n) is 0.634. The number of hydrogen-bond donors (Lipinski definition) is 0. The van der Waals surface area contributed by atoms with Gasteiger partial charge in [0.1, 0.15) is 0 Å². The van der Waals surface area contributed by atoms with Crippen molar-refractivity contribution in [1.29, 1.82) is 0 Å². The van der Waals surface area contributed by atoms with E-state index in [4.69, 9.17) is 0 Å². The van der Waals surface area contributed by atoms with E-state index in [1.165, 1.54) is 0 Å². The van der Waals surface area contributed by atoms with Crippen LogP contribution in [0, 0.1) is 0 Å². The van der Waals surface area contributed by atoms with Gasteiger partial charge in [-0.3, -0.25) is 0 Å². The fourth-order valence-electron chi connectivity index (χ4n) is 0.116. The molecule has 0 amide bonds. The summed E-state index contributed by atoms with van der Waals surface area (Å²) in [5.41, 5.74) is 0. The molecule has 0 nitrogen and oxygen atoms in total. The fraction of sp³-hybridized carbons (Fsp3) is 0.500. The van der Waals surface area contributed by atoms with Gasteiger partial charge in [-0.05, 0) is 6.08 Å². The van der Waals surface area contributed by atoms with Crippen LogP contribution in [0.25, 0.3) is 0 Å². The Labute approximate surface area is 77.9 Å². The Morgan fingerprint density at radius 1 is 1.10 bits per heavy atom. The molecular weight excluding hydrogens is 166 g/mol. The third-order valence-corrected chi connectivity index (χ3v) is 0.634. The minimum absolute atomic E-state index is 0. The number of halogens is 5. The molecule has 0 atom stereocenters. The molecule has 0 aliphatic carbocycles. The molecule has 56 valence electrons. The smallest absolute Gasteiger partial charge is 1.00 e.